The maximum atomic E-state index is 12.6. The second-order valence-electron chi connectivity index (χ2n) is 7.07. The molecule has 0 aliphatic rings. The average Bonchev–Trinajstić information content (AvgIpc) is 3.06. The highest BCUT2D eigenvalue weighted by Gasteiger charge is 2.20. The molecule has 0 saturated heterocycles. The van der Waals surface area contributed by atoms with Gasteiger partial charge in [-0.3, -0.25) is 9.69 Å². The van der Waals surface area contributed by atoms with Crippen molar-refractivity contribution in [3.63, 3.8) is 0 Å². The van der Waals surface area contributed by atoms with Crippen LogP contribution in [-0.4, -0.2) is 54.8 Å². The Hall–Kier alpha value is -2.89. The molecule has 0 fully saturated rings. The van der Waals surface area contributed by atoms with Gasteiger partial charge in [-0.05, 0) is 37.2 Å². The Morgan fingerprint density at radius 1 is 1.22 bits per heavy atom. The number of ether oxygens (including phenoxy) is 3. The Morgan fingerprint density at radius 3 is 2.59 bits per heavy atom. The van der Waals surface area contributed by atoms with E-state index in [4.69, 9.17) is 9.47 Å². The number of halogens is 2. The minimum Gasteiger partial charge on any atom is -0.459 e. The van der Waals surface area contributed by atoms with Crippen LogP contribution in [0.3, 0.4) is 0 Å². The van der Waals surface area contributed by atoms with E-state index in [2.05, 4.69) is 14.7 Å². The number of hydrogen-bond acceptors (Lipinski definition) is 8. The van der Waals surface area contributed by atoms with Crippen LogP contribution < -0.4 is 10.3 Å². The van der Waals surface area contributed by atoms with Gasteiger partial charge in [0.05, 0.1) is 18.5 Å². The van der Waals surface area contributed by atoms with Crippen LogP contribution in [-0.2, 0) is 22.6 Å². The lowest BCUT2D eigenvalue weighted by Crippen LogP contribution is -2.21. The molecular formula is C21H23F2N3O5S. The third kappa shape index (κ3) is 5.87. The molecule has 32 heavy (non-hydrogen) atoms. The number of aromatic nitrogens is 2. The molecule has 0 atom stereocenters. The topological polar surface area (TPSA) is 93.8 Å². The van der Waals surface area contributed by atoms with Crippen molar-refractivity contribution in [2.75, 3.05) is 27.4 Å². The maximum Gasteiger partial charge on any atom is 0.387 e. The molecule has 0 amide bonds. The van der Waals surface area contributed by atoms with Crippen molar-refractivity contribution in [3.05, 3.63) is 56.4 Å². The molecule has 1 aromatic carbocycles. The van der Waals surface area contributed by atoms with E-state index in [9.17, 15) is 18.4 Å². The molecule has 0 bridgehead atoms. The summed E-state index contributed by atoms with van der Waals surface area (Å²) in [7, 11) is 3.35. The lowest BCUT2D eigenvalue weighted by Gasteiger charge is -2.16. The molecular weight excluding hydrogens is 444 g/mol. The van der Waals surface area contributed by atoms with E-state index in [0.717, 1.165) is 16.9 Å². The molecule has 2 aromatic heterocycles. The summed E-state index contributed by atoms with van der Waals surface area (Å²) in [6.07, 6.45) is 0. The molecule has 0 aliphatic heterocycles. The zero-order valence-electron chi connectivity index (χ0n) is 17.8. The summed E-state index contributed by atoms with van der Waals surface area (Å²) in [6, 6.07) is 6.34. The van der Waals surface area contributed by atoms with Crippen molar-refractivity contribution in [3.8, 4) is 5.75 Å². The van der Waals surface area contributed by atoms with E-state index in [-0.39, 0.29) is 24.5 Å². The van der Waals surface area contributed by atoms with Gasteiger partial charge in [0.15, 0.2) is 0 Å². The number of carbonyl (C=O) groups is 1. The van der Waals surface area contributed by atoms with Crippen molar-refractivity contribution >= 4 is 27.5 Å². The molecule has 3 rings (SSSR count). The zero-order chi connectivity index (χ0) is 23.3. The molecule has 1 N–H and O–H groups in total. The lowest BCUT2D eigenvalue weighted by molar-refractivity contribution is -0.0498. The fraction of sp³-hybridized carbons (Fsp3) is 0.381. The molecule has 0 spiro atoms. The Bertz CT molecular complexity index is 1130. The van der Waals surface area contributed by atoms with Gasteiger partial charge in [-0.2, -0.15) is 8.78 Å². The number of nitrogens with zero attached hydrogens (tertiary/aromatic N) is 2. The Balaban J connectivity index is 1.72. The van der Waals surface area contributed by atoms with Crippen LogP contribution in [0, 0.1) is 6.92 Å². The number of aromatic amines is 1. The number of rotatable bonds is 10. The van der Waals surface area contributed by atoms with E-state index in [1.54, 1.807) is 19.1 Å². The van der Waals surface area contributed by atoms with Crippen molar-refractivity contribution in [2.45, 2.75) is 26.6 Å². The first-order valence-electron chi connectivity index (χ1n) is 9.69. The highest BCUT2D eigenvalue weighted by atomic mass is 32.1. The van der Waals surface area contributed by atoms with E-state index in [1.807, 2.05) is 11.9 Å². The summed E-state index contributed by atoms with van der Waals surface area (Å²) in [4.78, 5) is 34.9. The summed E-state index contributed by atoms with van der Waals surface area (Å²) in [5, 5.41) is 0.370. The Morgan fingerprint density at radius 2 is 1.94 bits per heavy atom. The summed E-state index contributed by atoms with van der Waals surface area (Å²) >= 11 is 1.12. The van der Waals surface area contributed by atoms with Gasteiger partial charge in [0, 0.05) is 13.7 Å². The zero-order valence-corrected chi connectivity index (χ0v) is 18.6. The van der Waals surface area contributed by atoms with Crippen LogP contribution in [0.1, 0.15) is 26.6 Å². The number of esters is 1. The number of alkyl halides is 2. The van der Waals surface area contributed by atoms with Gasteiger partial charge in [0.25, 0.3) is 5.56 Å². The largest absolute Gasteiger partial charge is 0.459 e. The second-order valence-corrected chi connectivity index (χ2v) is 8.07. The molecule has 8 nitrogen and oxygen atoms in total. The predicted molar refractivity (Wildman–Crippen MR) is 115 cm³/mol. The first kappa shape index (κ1) is 23.8. The smallest absolute Gasteiger partial charge is 0.387 e. The highest BCUT2D eigenvalue weighted by Crippen LogP contribution is 2.27. The number of fused-ring (bicyclic) bond motifs is 1. The lowest BCUT2D eigenvalue weighted by atomic mass is 10.2. The highest BCUT2D eigenvalue weighted by molar-refractivity contribution is 7.20. The fourth-order valence-corrected chi connectivity index (χ4v) is 4.24. The standard InChI is InChI=1S/C21H23F2N3O5S/c1-12-16-18(27)24-15(25-19(16)32-17(12)20(28)30-9-8-29-3)11-26(2)10-13-4-6-14(7-5-13)31-21(22)23/h4-7,21H,8-11H2,1-3H3,(H,24,25,27). The minimum absolute atomic E-state index is 0.0902. The average molecular weight is 467 g/mol. The van der Waals surface area contributed by atoms with Gasteiger partial charge in [-0.25, -0.2) is 9.78 Å². The molecule has 2 heterocycles. The quantitative estimate of drug-likeness (QED) is 0.361. The fourth-order valence-electron chi connectivity index (χ4n) is 3.14. The normalized spacial score (nSPS) is 11.5. The number of carbonyl (C=O) groups excluding carboxylic acids is 1. The Kier molecular flexibility index (Phi) is 7.89. The number of aryl methyl sites for hydroxylation is 1. The summed E-state index contributed by atoms with van der Waals surface area (Å²) < 4.78 is 38.9. The summed E-state index contributed by atoms with van der Waals surface area (Å²) in [5.41, 5.74) is 1.09. The van der Waals surface area contributed by atoms with Crippen LogP contribution in [0.4, 0.5) is 8.78 Å². The Labute approximate surface area is 186 Å². The van der Waals surface area contributed by atoms with E-state index in [1.165, 1.54) is 19.2 Å². The van der Waals surface area contributed by atoms with Crippen molar-refractivity contribution in [1.29, 1.82) is 0 Å². The van der Waals surface area contributed by atoms with Crippen LogP contribution in [0.25, 0.3) is 10.2 Å². The molecule has 0 aliphatic carbocycles. The molecule has 172 valence electrons. The van der Waals surface area contributed by atoms with Crippen LogP contribution in [0.2, 0.25) is 0 Å². The SMILES string of the molecule is COCCOC(=O)c1sc2nc(CN(C)Cc3ccc(OC(F)F)cc3)[nH]c(=O)c2c1C. The number of methoxy groups -OCH3 is 1. The van der Waals surface area contributed by atoms with Crippen LogP contribution >= 0.6 is 11.3 Å². The number of nitrogens with one attached hydrogen (secondary N) is 1. The summed E-state index contributed by atoms with van der Waals surface area (Å²) in [5.74, 6) is 0.0237. The minimum atomic E-state index is -2.87. The van der Waals surface area contributed by atoms with Crippen molar-refractivity contribution < 1.29 is 27.8 Å². The van der Waals surface area contributed by atoms with Gasteiger partial charge >= 0.3 is 12.6 Å². The van der Waals surface area contributed by atoms with E-state index in [0.29, 0.717) is 39.6 Å². The molecule has 0 radical (unpaired) electrons. The first-order chi connectivity index (χ1) is 15.3. The molecule has 3 aromatic rings. The van der Waals surface area contributed by atoms with Gasteiger partial charge in [-0.15, -0.1) is 11.3 Å². The van der Waals surface area contributed by atoms with Crippen molar-refractivity contribution in [2.24, 2.45) is 0 Å². The molecule has 0 saturated carbocycles. The van der Waals surface area contributed by atoms with E-state index >= 15 is 0 Å². The number of thiophene rings is 1. The van der Waals surface area contributed by atoms with Gasteiger partial charge < -0.3 is 19.2 Å². The van der Waals surface area contributed by atoms with Crippen LogP contribution in [0.15, 0.2) is 29.1 Å². The third-order valence-corrected chi connectivity index (χ3v) is 5.74. The maximum absolute atomic E-state index is 12.6. The molecule has 0 unspecified atom stereocenters. The third-order valence-electron chi connectivity index (χ3n) is 4.58. The number of hydrogen-bond donors (Lipinski definition) is 1. The van der Waals surface area contributed by atoms with Gasteiger partial charge in [-0.1, -0.05) is 12.1 Å². The predicted octanol–water partition coefficient (Wildman–Crippen LogP) is 3.33. The van der Waals surface area contributed by atoms with Gasteiger partial charge in [0.2, 0.25) is 0 Å². The van der Waals surface area contributed by atoms with Crippen molar-refractivity contribution in [1.82, 2.24) is 14.9 Å². The van der Waals surface area contributed by atoms with Gasteiger partial charge in [0.1, 0.15) is 27.9 Å². The first-order valence-corrected chi connectivity index (χ1v) is 10.5. The van der Waals surface area contributed by atoms with Crippen LogP contribution in [0.5, 0.6) is 5.75 Å². The van der Waals surface area contributed by atoms with E-state index < -0.39 is 12.6 Å². The number of benzene rings is 1. The summed E-state index contributed by atoms with van der Waals surface area (Å²) in [6.45, 7) is 0.0680. The second kappa shape index (κ2) is 10.6. The number of H-pyrrole nitrogens is 1. The molecule has 11 heteroatoms. The monoisotopic (exact) mass is 467 g/mol.